The van der Waals surface area contributed by atoms with Gasteiger partial charge in [-0.05, 0) is 37.1 Å². The number of hydrogen-bond donors (Lipinski definition) is 2. The molecular formula is C22H28N4O3. The number of rotatable bonds is 7. The number of amides is 1. The first-order chi connectivity index (χ1) is 13.9. The van der Waals surface area contributed by atoms with Crippen LogP contribution in [0.3, 0.4) is 0 Å². The van der Waals surface area contributed by atoms with Gasteiger partial charge >= 0.3 is 5.97 Å². The van der Waals surface area contributed by atoms with Gasteiger partial charge in [0.05, 0.1) is 5.92 Å². The quantitative estimate of drug-likeness (QED) is 0.748. The van der Waals surface area contributed by atoms with Crippen molar-refractivity contribution in [3.05, 3.63) is 53.7 Å². The van der Waals surface area contributed by atoms with Gasteiger partial charge in [0.15, 0.2) is 0 Å². The van der Waals surface area contributed by atoms with Crippen LogP contribution >= 0.6 is 0 Å². The summed E-state index contributed by atoms with van der Waals surface area (Å²) in [4.78, 5) is 32.9. The summed E-state index contributed by atoms with van der Waals surface area (Å²) in [6.45, 7) is 7.30. The number of para-hydroxylation sites is 1. The van der Waals surface area contributed by atoms with Crippen LogP contribution in [-0.2, 0) is 9.59 Å². The fourth-order valence-electron chi connectivity index (χ4n) is 3.67. The molecule has 2 N–H and O–H groups in total. The molecule has 0 saturated carbocycles. The van der Waals surface area contributed by atoms with Gasteiger partial charge in [-0.2, -0.15) is 0 Å². The topological polar surface area (TPSA) is 85.8 Å². The standard InChI is InChI=1S/C22H28N4O3/c1-16-6-5-7-17(2)21(16)24-20(27)14-18(22(28)29)15-25-10-12-26(13-11-25)19-8-3-4-9-23-19/h3-9,18H,10-15H2,1-2H3,(H,24,27)(H,28,29)/t18-/m0/s1. The molecule has 2 aromatic rings. The van der Waals surface area contributed by atoms with Gasteiger partial charge < -0.3 is 15.3 Å². The molecule has 0 radical (unpaired) electrons. The second-order valence-electron chi connectivity index (χ2n) is 7.53. The zero-order valence-electron chi connectivity index (χ0n) is 17.0. The van der Waals surface area contributed by atoms with E-state index in [1.165, 1.54) is 0 Å². The number of carboxylic acid groups (broad SMARTS) is 1. The van der Waals surface area contributed by atoms with E-state index in [4.69, 9.17) is 0 Å². The highest BCUT2D eigenvalue weighted by atomic mass is 16.4. The minimum absolute atomic E-state index is 0.0381. The number of nitrogens with one attached hydrogen (secondary N) is 1. The zero-order chi connectivity index (χ0) is 20.8. The number of carboxylic acids is 1. The minimum Gasteiger partial charge on any atom is -0.481 e. The van der Waals surface area contributed by atoms with Crippen LogP contribution in [0.2, 0.25) is 0 Å². The van der Waals surface area contributed by atoms with Crippen LogP contribution in [0.25, 0.3) is 0 Å². The Kier molecular flexibility index (Phi) is 6.82. The average molecular weight is 396 g/mol. The highest BCUT2D eigenvalue weighted by molar-refractivity contribution is 5.94. The lowest BCUT2D eigenvalue weighted by molar-refractivity contribution is -0.144. The molecule has 1 aliphatic rings. The van der Waals surface area contributed by atoms with Gasteiger partial charge in [0.1, 0.15) is 5.82 Å². The SMILES string of the molecule is Cc1cccc(C)c1NC(=O)C[C@@H](CN1CCN(c2ccccn2)CC1)C(=O)O. The Morgan fingerprint density at radius 2 is 1.76 bits per heavy atom. The minimum atomic E-state index is -0.936. The van der Waals surface area contributed by atoms with E-state index in [1.54, 1.807) is 6.20 Å². The van der Waals surface area contributed by atoms with Gasteiger partial charge in [-0.15, -0.1) is 0 Å². The molecule has 0 unspecified atom stereocenters. The molecule has 0 spiro atoms. The number of piperazine rings is 1. The predicted octanol–water partition coefficient (Wildman–Crippen LogP) is 2.55. The van der Waals surface area contributed by atoms with E-state index < -0.39 is 11.9 Å². The summed E-state index contributed by atoms with van der Waals surface area (Å²) in [5, 5.41) is 12.5. The third kappa shape index (κ3) is 5.54. The van der Waals surface area contributed by atoms with Crippen molar-refractivity contribution < 1.29 is 14.7 Å². The first-order valence-electron chi connectivity index (χ1n) is 9.91. The Hall–Kier alpha value is -2.93. The molecule has 1 saturated heterocycles. The van der Waals surface area contributed by atoms with Gasteiger partial charge in [0.25, 0.3) is 0 Å². The maximum Gasteiger partial charge on any atom is 0.308 e. The van der Waals surface area contributed by atoms with Crippen molar-refractivity contribution in [1.29, 1.82) is 0 Å². The number of benzene rings is 1. The summed E-state index contributed by atoms with van der Waals surface area (Å²) < 4.78 is 0. The van der Waals surface area contributed by atoms with Gasteiger partial charge in [-0.3, -0.25) is 14.5 Å². The molecule has 2 heterocycles. The van der Waals surface area contributed by atoms with E-state index in [0.717, 1.165) is 48.8 Å². The first kappa shape index (κ1) is 20.8. The van der Waals surface area contributed by atoms with E-state index in [2.05, 4.69) is 20.1 Å². The molecule has 1 atom stereocenters. The molecule has 1 aromatic carbocycles. The Morgan fingerprint density at radius 3 is 2.34 bits per heavy atom. The molecule has 29 heavy (non-hydrogen) atoms. The van der Waals surface area contributed by atoms with Crippen LogP contribution < -0.4 is 10.2 Å². The zero-order valence-corrected chi connectivity index (χ0v) is 17.0. The highest BCUT2D eigenvalue weighted by Crippen LogP contribution is 2.21. The Labute approximate surface area is 171 Å². The second-order valence-corrected chi connectivity index (χ2v) is 7.53. The van der Waals surface area contributed by atoms with E-state index in [-0.39, 0.29) is 12.3 Å². The maximum atomic E-state index is 12.5. The van der Waals surface area contributed by atoms with Crippen LogP contribution in [0.1, 0.15) is 17.5 Å². The fourth-order valence-corrected chi connectivity index (χ4v) is 3.67. The number of hydrogen-bond acceptors (Lipinski definition) is 5. The number of aryl methyl sites for hydroxylation is 2. The number of carbonyl (C=O) groups excluding carboxylic acids is 1. The molecule has 154 valence electrons. The fraction of sp³-hybridized carbons (Fsp3) is 0.409. The third-order valence-corrected chi connectivity index (χ3v) is 5.35. The van der Waals surface area contributed by atoms with Crippen molar-refractivity contribution >= 4 is 23.4 Å². The van der Waals surface area contributed by atoms with Crippen molar-refractivity contribution in [2.75, 3.05) is 42.9 Å². The summed E-state index contributed by atoms with van der Waals surface area (Å²) in [5.41, 5.74) is 2.71. The summed E-state index contributed by atoms with van der Waals surface area (Å²) in [6, 6.07) is 11.6. The van der Waals surface area contributed by atoms with Crippen molar-refractivity contribution in [3.63, 3.8) is 0 Å². The van der Waals surface area contributed by atoms with Gasteiger partial charge in [0.2, 0.25) is 5.91 Å². The van der Waals surface area contributed by atoms with Crippen molar-refractivity contribution in [3.8, 4) is 0 Å². The molecule has 7 heteroatoms. The molecule has 3 rings (SSSR count). The summed E-state index contributed by atoms with van der Waals surface area (Å²) >= 11 is 0. The van der Waals surface area contributed by atoms with E-state index in [1.807, 2.05) is 50.2 Å². The number of carbonyl (C=O) groups is 2. The van der Waals surface area contributed by atoms with Crippen LogP contribution in [0, 0.1) is 19.8 Å². The van der Waals surface area contributed by atoms with Crippen LogP contribution in [0.15, 0.2) is 42.6 Å². The number of nitrogens with zero attached hydrogens (tertiary/aromatic N) is 3. The number of anilines is 2. The predicted molar refractivity (Wildman–Crippen MR) is 113 cm³/mol. The largest absolute Gasteiger partial charge is 0.481 e. The molecule has 0 aliphatic carbocycles. The third-order valence-electron chi connectivity index (χ3n) is 5.35. The van der Waals surface area contributed by atoms with E-state index in [9.17, 15) is 14.7 Å². The molecular weight excluding hydrogens is 368 g/mol. The Morgan fingerprint density at radius 1 is 1.07 bits per heavy atom. The maximum absolute atomic E-state index is 12.5. The summed E-state index contributed by atoms with van der Waals surface area (Å²) in [6.07, 6.45) is 1.74. The molecule has 1 fully saturated rings. The molecule has 7 nitrogen and oxygen atoms in total. The van der Waals surface area contributed by atoms with E-state index in [0.29, 0.717) is 6.54 Å². The lowest BCUT2D eigenvalue weighted by atomic mass is 10.0. The van der Waals surface area contributed by atoms with Gasteiger partial charge in [0, 0.05) is 51.0 Å². The van der Waals surface area contributed by atoms with Crippen LogP contribution in [0.5, 0.6) is 0 Å². The normalized spacial score (nSPS) is 15.7. The van der Waals surface area contributed by atoms with E-state index >= 15 is 0 Å². The van der Waals surface area contributed by atoms with Gasteiger partial charge in [-0.1, -0.05) is 24.3 Å². The lowest BCUT2D eigenvalue weighted by Crippen LogP contribution is -2.49. The smallest absolute Gasteiger partial charge is 0.308 e. The van der Waals surface area contributed by atoms with Crippen LogP contribution in [-0.4, -0.2) is 59.6 Å². The summed E-state index contributed by atoms with van der Waals surface area (Å²) in [5.74, 6) is -0.994. The number of aromatic nitrogens is 1. The Bertz CT molecular complexity index is 828. The van der Waals surface area contributed by atoms with Crippen molar-refractivity contribution in [1.82, 2.24) is 9.88 Å². The second kappa shape index (κ2) is 9.52. The first-order valence-corrected chi connectivity index (χ1v) is 9.91. The summed E-state index contributed by atoms with van der Waals surface area (Å²) in [7, 11) is 0. The average Bonchev–Trinajstić information content (AvgIpc) is 2.71. The molecule has 0 bridgehead atoms. The monoisotopic (exact) mass is 396 g/mol. The highest BCUT2D eigenvalue weighted by Gasteiger charge is 2.27. The number of aliphatic carboxylic acids is 1. The molecule has 1 aliphatic heterocycles. The van der Waals surface area contributed by atoms with Crippen molar-refractivity contribution in [2.45, 2.75) is 20.3 Å². The van der Waals surface area contributed by atoms with Gasteiger partial charge in [-0.25, -0.2) is 4.98 Å². The lowest BCUT2D eigenvalue weighted by Gasteiger charge is -2.36. The number of pyridine rings is 1. The van der Waals surface area contributed by atoms with Crippen LogP contribution in [0.4, 0.5) is 11.5 Å². The molecule has 1 aromatic heterocycles. The Balaban J connectivity index is 1.54. The van der Waals surface area contributed by atoms with Crippen molar-refractivity contribution in [2.24, 2.45) is 5.92 Å². The molecule has 1 amide bonds.